The Morgan fingerprint density at radius 2 is 1.26 bits per heavy atom. The van der Waals surface area contributed by atoms with Crippen molar-refractivity contribution in [3.63, 3.8) is 0 Å². The van der Waals surface area contributed by atoms with E-state index < -0.39 is 0 Å². The van der Waals surface area contributed by atoms with E-state index in [0.717, 1.165) is 81.8 Å². The second-order valence-electron chi connectivity index (χ2n) is 12.9. The number of hydrogen-bond acceptors (Lipinski definition) is 5. The molecule has 232 valence electrons. The van der Waals surface area contributed by atoms with Gasteiger partial charge in [-0.25, -0.2) is 9.97 Å². The van der Waals surface area contributed by atoms with Crippen LogP contribution in [0, 0.1) is 0 Å². The molecule has 12 rings (SSSR count). The number of thiophene rings is 1. The fourth-order valence-electron chi connectivity index (χ4n) is 8.00. The molecule has 5 aromatic heterocycles. The number of fused-ring (bicyclic) bond motifs is 15. The Labute approximate surface area is 287 Å². The van der Waals surface area contributed by atoms with Crippen molar-refractivity contribution < 1.29 is 8.83 Å². The number of rotatable bonds is 2. The van der Waals surface area contributed by atoms with Gasteiger partial charge in [-0.05, 0) is 53.9 Å². The lowest BCUT2D eigenvalue weighted by Crippen LogP contribution is -2.03. The fraction of sp³-hybridized carbons (Fsp3) is 0. The molecule has 0 N–H and O–H groups in total. The van der Waals surface area contributed by atoms with Crippen LogP contribution in [0.3, 0.4) is 0 Å². The van der Waals surface area contributed by atoms with Crippen molar-refractivity contribution in [3.8, 4) is 17.2 Å². The average Bonchev–Trinajstić information content (AvgIpc) is 3.93. The van der Waals surface area contributed by atoms with Crippen molar-refractivity contribution >= 4 is 108 Å². The van der Waals surface area contributed by atoms with Gasteiger partial charge in [0.05, 0.1) is 32.3 Å². The molecule has 0 amide bonds. The lowest BCUT2D eigenvalue weighted by Gasteiger charge is -2.11. The minimum Gasteiger partial charge on any atom is -0.456 e. The summed E-state index contributed by atoms with van der Waals surface area (Å²) in [4.78, 5) is 10.9. The molecule has 7 aromatic carbocycles. The van der Waals surface area contributed by atoms with Crippen LogP contribution >= 0.6 is 11.3 Å². The third-order valence-electron chi connectivity index (χ3n) is 10.2. The molecular formula is C44H23N3O2S. The standard InChI is InChI=1S/C44H23N3O2S/c1-2-10-26-24(9-1)17-19-28-27-11-3-6-14-33(27)47(41(26)28)44-45-39(43-40(46-44)31-13-5-8-16-37(31)50-43)25-18-21-35-32(23-25)29-20-22-36-38(42(29)49-35)30-12-4-7-15-34(30)48-36/h1-23H. The maximum Gasteiger partial charge on any atom is 0.235 e. The van der Waals surface area contributed by atoms with Crippen molar-refractivity contribution in [2.45, 2.75) is 0 Å². The molecule has 5 heterocycles. The zero-order chi connectivity index (χ0) is 32.5. The van der Waals surface area contributed by atoms with Crippen LogP contribution in [-0.2, 0) is 0 Å². The van der Waals surface area contributed by atoms with E-state index in [0.29, 0.717) is 5.95 Å². The van der Waals surface area contributed by atoms with Gasteiger partial charge < -0.3 is 8.83 Å². The molecule has 50 heavy (non-hydrogen) atoms. The molecule has 5 nitrogen and oxygen atoms in total. The number of nitrogens with zero attached hydrogens (tertiary/aromatic N) is 3. The normalized spacial score (nSPS) is 12.4. The van der Waals surface area contributed by atoms with Gasteiger partial charge in [0.2, 0.25) is 5.95 Å². The van der Waals surface area contributed by atoms with Crippen LogP contribution in [-0.4, -0.2) is 14.5 Å². The monoisotopic (exact) mass is 657 g/mol. The summed E-state index contributed by atoms with van der Waals surface area (Å²) in [6.07, 6.45) is 0. The summed E-state index contributed by atoms with van der Waals surface area (Å²) in [5.41, 5.74) is 8.42. The van der Waals surface area contributed by atoms with Gasteiger partial charge in [-0.2, -0.15) is 0 Å². The van der Waals surface area contributed by atoms with Crippen LogP contribution in [0.2, 0.25) is 0 Å². The minimum atomic E-state index is 0.655. The second kappa shape index (κ2) is 9.56. The van der Waals surface area contributed by atoms with E-state index in [-0.39, 0.29) is 0 Å². The number of benzene rings is 7. The summed E-state index contributed by atoms with van der Waals surface area (Å²) in [5, 5.41) is 10.0. The van der Waals surface area contributed by atoms with E-state index in [2.05, 4.69) is 126 Å². The van der Waals surface area contributed by atoms with E-state index in [1.165, 1.54) is 26.2 Å². The van der Waals surface area contributed by atoms with Crippen LogP contribution in [0.4, 0.5) is 0 Å². The van der Waals surface area contributed by atoms with Crippen LogP contribution in [0.15, 0.2) is 148 Å². The first-order chi connectivity index (χ1) is 24.8. The average molecular weight is 658 g/mol. The molecule has 12 aromatic rings. The lowest BCUT2D eigenvalue weighted by molar-refractivity contribution is 0.663. The maximum atomic E-state index is 6.58. The third-order valence-corrected chi connectivity index (χ3v) is 11.4. The number of para-hydroxylation sites is 2. The summed E-state index contributed by atoms with van der Waals surface area (Å²) in [5.74, 6) is 0.655. The highest BCUT2D eigenvalue weighted by atomic mass is 32.1. The summed E-state index contributed by atoms with van der Waals surface area (Å²) >= 11 is 1.74. The van der Waals surface area contributed by atoms with Crippen LogP contribution < -0.4 is 0 Å². The molecule has 0 atom stereocenters. The van der Waals surface area contributed by atoms with Gasteiger partial charge in [0.15, 0.2) is 0 Å². The molecule has 0 radical (unpaired) electrons. The van der Waals surface area contributed by atoms with E-state index in [9.17, 15) is 0 Å². The number of aromatic nitrogens is 3. The first kappa shape index (κ1) is 26.5. The fourth-order valence-corrected chi connectivity index (χ4v) is 9.16. The predicted octanol–water partition coefficient (Wildman–Crippen LogP) is 12.6. The lowest BCUT2D eigenvalue weighted by atomic mass is 10.0. The Morgan fingerprint density at radius 3 is 2.20 bits per heavy atom. The molecule has 0 bridgehead atoms. The Bertz CT molecular complexity index is 3400. The number of hydrogen-bond donors (Lipinski definition) is 0. The largest absolute Gasteiger partial charge is 0.456 e. The first-order valence-electron chi connectivity index (χ1n) is 16.7. The Hall–Kier alpha value is -6.50. The second-order valence-corrected chi connectivity index (χ2v) is 14.0. The smallest absolute Gasteiger partial charge is 0.235 e. The van der Waals surface area contributed by atoms with Crippen molar-refractivity contribution in [1.82, 2.24) is 14.5 Å². The van der Waals surface area contributed by atoms with Crippen molar-refractivity contribution in [3.05, 3.63) is 140 Å². The molecule has 0 fully saturated rings. The molecular weight excluding hydrogens is 635 g/mol. The zero-order valence-electron chi connectivity index (χ0n) is 26.3. The Balaban J connectivity index is 1.19. The Kier molecular flexibility index (Phi) is 5.06. The first-order valence-corrected chi connectivity index (χ1v) is 17.5. The number of furan rings is 2. The maximum absolute atomic E-state index is 6.58. The van der Waals surface area contributed by atoms with Crippen LogP contribution in [0.25, 0.3) is 114 Å². The highest BCUT2D eigenvalue weighted by Gasteiger charge is 2.22. The summed E-state index contributed by atoms with van der Waals surface area (Å²) < 4.78 is 17.3. The van der Waals surface area contributed by atoms with Gasteiger partial charge in [0.25, 0.3) is 0 Å². The van der Waals surface area contributed by atoms with Gasteiger partial charge in [-0.1, -0.05) is 91.0 Å². The van der Waals surface area contributed by atoms with Crippen LogP contribution in [0.5, 0.6) is 0 Å². The van der Waals surface area contributed by atoms with Crippen molar-refractivity contribution in [2.24, 2.45) is 0 Å². The molecule has 6 heteroatoms. The molecule has 0 aliphatic rings. The van der Waals surface area contributed by atoms with Gasteiger partial charge in [0, 0.05) is 48.0 Å². The van der Waals surface area contributed by atoms with E-state index in [4.69, 9.17) is 18.8 Å². The van der Waals surface area contributed by atoms with Gasteiger partial charge in [-0.3, -0.25) is 4.57 Å². The minimum absolute atomic E-state index is 0.655. The summed E-state index contributed by atoms with van der Waals surface area (Å²) in [6.45, 7) is 0. The van der Waals surface area contributed by atoms with Gasteiger partial charge >= 0.3 is 0 Å². The zero-order valence-corrected chi connectivity index (χ0v) is 27.2. The molecule has 0 aliphatic heterocycles. The van der Waals surface area contributed by atoms with E-state index in [1.54, 1.807) is 11.3 Å². The summed E-state index contributed by atoms with van der Waals surface area (Å²) in [7, 11) is 0. The van der Waals surface area contributed by atoms with Crippen LogP contribution in [0.1, 0.15) is 0 Å². The topological polar surface area (TPSA) is 57.0 Å². The highest BCUT2D eigenvalue weighted by molar-refractivity contribution is 7.26. The van der Waals surface area contributed by atoms with Crippen molar-refractivity contribution in [2.75, 3.05) is 0 Å². The molecule has 0 saturated heterocycles. The van der Waals surface area contributed by atoms with Gasteiger partial charge in [-0.15, -0.1) is 11.3 Å². The molecule has 0 spiro atoms. The SMILES string of the molecule is c1ccc2c(c1)ccc1c3ccccc3n(-c3nc(-c4ccc5oc6c(ccc7oc8ccccc8c76)c5c4)c4sc5ccccc5c4n3)c21. The third kappa shape index (κ3) is 3.45. The summed E-state index contributed by atoms with van der Waals surface area (Å²) in [6, 6.07) is 48.8. The quantitative estimate of drug-likeness (QED) is 0.186. The molecule has 0 saturated carbocycles. The van der Waals surface area contributed by atoms with Gasteiger partial charge in [0.1, 0.15) is 22.3 Å². The van der Waals surface area contributed by atoms with Crippen molar-refractivity contribution in [1.29, 1.82) is 0 Å². The highest BCUT2D eigenvalue weighted by Crippen LogP contribution is 2.44. The molecule has 0 aliphatic carbocycles. The predicted molar refractivity (Wildman–Crippen MR) is 207 cm³/mol. The van der Waals surface area contributed by atoms with E-state index >= 15 is 0 Å². The van der Waals surface area contributed by atoms with E-state index in [1.807, 2.05) is 18.2 Å². The molecule has 0 unspecified atom stereocenters. The Morgan fingerprint density at radius 1 is 0.520 bits per heavy atom.